The van der Waals surface area contributed by atoms with Gasteiger partial charge < -0.3 is 11.1 Å². The van der Waals surface area contributed by atoms with E-state index in [1.165, 1.54) is 24.3 Å². The molecule has 0 amide bonds. The van der Waals surface area contributed by atoms with Crippen LogP contribution in [0.25, 0.3) is 0 Å². The minimum atomic E-state index is -4.47. The van der Waals surface area contributed by atoms with Gasteiger partial charge in [-0.1, -0.05) is 17.7 Å². The van der Waals surface area contributed by atoms with Gasteiger partial charge in [0.15, 0.2) is 0 Å². The van der Waals surface area contributed by atoms with Crippen LogP contribution in [0.4, 0.5) is 24.7 Å². The van der Waals surface area contributed by atoms with Crippen molar-refractivity contribution in [3.05, 3.63) is 89.4 Å². The standard InChI is InChI=1S/C27H28F3N7S/c1-18-3-5-22(6-4-18)33-23-13-20-8-12-37(38-25-9-11-36(2)35-25)17-26(20,15-19(23)16-31)34-24-14-21(7-10-32-24)27(28,29)30/h3-7,9-11,13-14,16H,8,12,15,17,31H2,1-2H3,(H,32,34). The van der Waals surface area contributed by atoms with Crippen molar-refractivity contribution >= 4 is 29.2 Å². The largest absolute Gasteiger partial charge is 0.416 e. The summed E-state index contributed by atoms with van der Waals surface area (Å²) in [7, 11) is 1.86. The third kappa shape index (κ3) is 5.63. The third-order valence-electron chi connectivity index (χ3n) is 6.67. The van der Waals surface area contributed by atoms with Crippen LogP contribution in [-0.2, 0) is 13.2 Å². The van der Waals surface area contributed by atoms with Crippen molar-refractivity contribution in [1.82, 2.24) is 19.1 Å². The SMILES string of the molecule is Cc1ccc(N=C2C=C3CCN(Sc4ccn(C)n4)CC3(Nc3cc(C(F)(F)F)ccn3)CC2=CN)cc1. The van der Waals surface area contributed by atoms with Gasteiger partial charge in [0.25, 0.3) is 0 Å². The minimum Gasteiger partial charge on any atom is -0.404 e. The van der Waals surface area contributed by atoms with Crippen molar-refractivity contribution in [2.45, 2.75) is 36.5 Å². The molecule has 1 fully saturated rings. The summed E-state index contributed by atoms with van der Waals surface area (Å²) >= 11 is 1.52. The molecule has 2 aromatic heterocycles. The molecule has 38 heavy (non-hydrogen) atoms. The van der Waals surface area contributed by atoms with Crippen LogP contribution >= 0.6 is 11.9 Å². The summed E-state index contributed by atoms with van der Waals surface area (Å²) in [6, 6.07) is 11.9. The molecule has 0 saturated carbocycles. The summed E-state index contributed by atoms with van der Waals surface area (Å²) in [5.74, 6) is 0.158. The second kappa shape index (κ2) is 10.3. The number of aryl methyl sites for hydroxylation is 2. The number of fused-ring (bicyclic) bond motifs is 1. The van der Waals surface area contributed by atoms with E-state index in [9.17, 15) is 13.2 Å². The number of benzene rings is 1. The van der Waals surface area contributed by atoms with Crippen LogP contribution in [0.15, 0.2) is 88.3 Å². The van der Waals surface area contributed by atoms with Crippen molar-refractivity contribution in [3.63, 3.8) is 0 Å². The number of alkyl halides is 3. The molecule has 1 aliphatic carbocycles. The molecular weight excluding hydrogens is 511 g/mol. The number of piperidine rings is 1. The predicted octanol–water partition coefficient (Wildman–Crippen LogP) is 5.65. The van der Waals surface area contributed by atoms with E-state index >= 15 is 0 Å². The number of hydrogen-bond donors (Lipinski definition) is 2. The summed E-state index contributed by atoms with van der Waals surface area (Å²) in [6.45, 7) is 3.27. The van der Waals surface area contributed by atoms with E-state index in [0.717, 1.165) is 51.8 Å². The molecule has 198 valence electrons. The average Bonchev–Trinajstić information content (AvgIpc) is 3.29. The summed E-state index contributed by atoms with van der Waals surface area (Å²) in [6.07, 6.45) is 3.28. The molecule has 2 aliphatic rings. The molecule has 1 saturated heterocycles. The highest BCUT2D eigenvalue weighted by Gasteiger charge is 2.44. The fourth-order valence-electron chi connectivity index (χ4n) is 4.76. The van der Waals surface area contributed by atoms with Crippen LogP contribution in [0.2, 0.25) is 0 Å². The smallest absolute Gasteiger partial charge is 0.404 e. The molecule has 1 aromatic carbocycles. The molecule has 1 atom stereocenters. The normalized spacial score (nSPS) is 22.4. The Morgan fingerprint density at radius 1 is 1.18 bits per heavy atom. The molecular formula is C27H28F3N7S. The van der Waals surface area contributed by atoms with E-state index in [1.807, 2.05) is 56.6 Å². The number of halogens is 3. The van der Waals surface area contributed by atoms with Gasteiger partial charge in [0.2, 0.25) is 0 Å². The number of rotatable bonds is 5. The van der Waals surface area contributed by atoms with E-state index < -0.39 is 17.3 Å². The van der Waals surface area contributed by atoms with Crippen LogP contribution in [-0.4, -0.2) is 43.4 Å². The molecule has 1 aliphatic heterocycles. The Hall–Kier alpha value is -3.57. The molecule has 5 rings (SSSR count). The van der Waals surface area contributed by atoms with Gasteiger partial charge in [0, 0.05) is 39.0 Å². The van der Waals surface area contributed by atoms with Crippen molar-refractivity contribution < 1.29 is 13.2 Å². The number of nitrogens with two attached hydrogens (primary N) is 1. The summed E-state index contributed by atoms with van der Waals surface area (Å²) < 4.78 is 44.3. The van der Waals surface area contributed by atoms with E-state index in [-0.39, 0.29) is 5.82 Å². The number of aromatic nitrogens is 3. The number of allylic oxidation sites excluding steroid dienone is 1. The molecule has 3 N–H and O–H groups in total. The van der Waals surface area contributed by atoms with Crippen LogP contribution in [0.5, 0.6) is 0 Å². The van der Waals surface area contributed by atoms with Crippen molar-refractivity contribution in [2.75, 3.05) is 18.4 Å². The second-order valence-electron chi connectivity index (χ2n) is 9.54. The first-order chi connectivity index (χ1) is 18.1. The Morgan fingerprint density at radius 3 is 2.66 bits per heavy atom. The van der Waals surface area contributed by atoms with Crippen molar-refractivity contribution in [3.8, 4) is 0 Å². The Kier molecular flexibility index (Phi) is 7.06. The topological polar surface area (TPSA) is 84.4 Å². The maximum Gasteiger partial charge on any atom is 0.416 e. The van der Waals surface area contributed by atoms with E-state index in [2.05, 4.69) is 19.7 Å². The van der Waals surface area contributed by atoms with Crippen molar-refractivity contribution in [1.29, 1.82) is 0 Å². The third-order valence-corrected chi connectivity index (χ3v) is 7.65. The first-order valence-corrected chi connectivity index (χ1v) is 12.9. The molecule has 3 aromatic rings. The summed E-state index contributed by atoms with van der Waals surface area (Å²) in [4.78, 5) is 9.08. The zero-order chi connectivity index (χ0) is 26.9. The first kappa shape index (κ1) is 26.1. The van der Waals surface area contributed by atoms with Crippen LogP contribution in [0.3, 0.4) is 0 Å². The van der Waals surface area contributed by atoms with Gasteiger partial charge in [-0.2, -0.15) is 18.3 Å². The number of anilines is 1. The molecule has 1 unspecified atom stereocenters. The number of hydrogen-bond acceptors (Lipinski definition) is 7. The second-order valence-corrected chi connectivity index (χ2v) is 10.7. The summed E-state index contributed by atoms with van der Waals surface area (Å²) in [5.41, 5.74) is 9.17. The van der Waals surface area contributed by atoms with Gasteiger partial charge in [-0.25, -0.2) is 14.3 Å². The molecule has 0 radical (unpaired) electrons. The van der Waals surface area contributed by atoms with Gasteiger partial charge in [-0.3, -0.25) is 4.68 Å². The maximum atomic E-state index is 13.5. The van der Waals surface area contributed by atoms with Gasteiger partial charge in [-0.05, 0) is 79.0 Å². The van der Waals surface area contributed by atoms with Crippen LogP contribution in [0.1, 0.15) is 24.0 Å². The predicted molar refractivity (Wildman–Crippen MR) is 144 cm³/mol. The number of aliphatic imine (C=N–C) groups is 1. The zero-order valence-electron chi connectivity index (χ0n) is 21.0. The highest BCUT2D eigenvalue weighted by atomic mass is 32.2. The van der Waals surface area contributed by atoms with Gasteiger partial charge in [0.1, 0.15) is 10.8 Å². The summed E-state index contributed by atoms with van der Waals surface area (Å²) in [5, 5.41) is 8.69. The number of pyridine rings is 1. The lowest BCUT2D eigenvalue weighted by Gasteiger charge is -2.47. The van der Waals surface area contributed by atoms with E-state index in [1.54, 1.807) is 4.68 Å². The first-order valence-electron chi connectivity index (χ1n) is 12.2. The lowest BCUT2D eigenvalue weighted by atomic mass is 9.73. The monoisotopic (exact) mass is 539 g/mol. The number of nitrogens with one attached hydrogen (secondary N) is 1. The lowest BCUT2D eigenvalue weighted by Crippen LogP contribution is -2.55. The minimum absolute atomic E-state index is 0.158. The maximum absolute atomic E-state index is 13.5. The molecule has 0 spiro atoms. The van der Waals surface area contributed by atoms with Gasteiger partial charge in [-0.15, -0.1) is 0 Å². The van der Waals surface area contributed by atoms with Crippen LogP contribution < -0.4 is 11.1 Å². The van der Waals surface area contributed by atoms with Crippen LogP contribution in [0, 0.1) is 6.92 Å². The molecule has 11 heteroatoms. The molecule has 3 heterocycles. The van der Waals surface area contributed by atoms with Crippen molar-refractivity contribution in [2.24, 2.45) is 17.8 Å². The Bertz CT molecular complexity index is 1410. The Morgan fingerprint density at radius 2 is 1.97 bits per heavy atom. The zero-order valence-corrected chi connectivity index (χ0v) is 21.9. The Labute approximate surface area is 223 Å². The van der Waals surface area contributed by atoms with E-state index in [4.69, 9.17) is 10.7 Å². The van der Waals surface area contributed by atoms with Gasteiger partial charge >= 0.3 is 6.18 Å². The quantitative estimate of drug-likeness (QED) is 0.408. The fourth-order valence-corrected chi connectivity index (χ4v) is 5.78. The number of nitrogens with zero attached hydrogens (tertiary/aromatic N) is 5. The lowest BCUT2D eigenvalue weighted by molar-refractivity contribution is -0.137. The molecule has 7 nitrogen and oxygen atoms in total. The highest BCUT2D eigenvalue weighted by Crippen LogP contribution is 2.43. The highest BCUT2D eigenvalue weighted by molar-refractivity contribution is 7.97. The Balaban J connectivity index is 1.53. The molecule has 0 bridgehead atoms. The van der Waals surface area contributed by atoms with Gasteiger partial charge in [0.05, 0.1) is 22.5 Å². The average molecular weight is 540 g/mol. The van der Waals surface area contributed by atoms with E-state index in [0.29, 0.717) is 19.4 Å². The fraction of sp³-hybridized carbons (Fsp3) is 0.296.